The topological polar surface area (TPSA) is 42.4 Å². The van der Waals surface area contributed by atoms with Gasteiger partial charge in [0, 0.05) is 6.20 Å². The number of carbonyl (C=O) groups is 1. The second-order valence-electron chi connectivity index (χ2n) is 3.67. The number of nitrogens with zero attached hydrogens (tertiary/aromatic N) is 2. The van der Waals surface area contributed by atoms with E-state index in [1.165, 1.54) is 24.3 Å². The van der Waals surface area contributed by atoms with Crippen molar-refractivity contribution in [3.05, 3.63) is 54.7 Å². The van der Waals surface area contributed by atoms with Crippen molar-refractivity contribution in [1.82, 2.24) is 4.98 Å². The Bertz CT molecular complexity index is 573. The maximum Gasteiger partial charge on any atom is 0.495 e. The monoisotopic (exact) mass is 282 g/mol. The molecule has 0 saturated carbocycles. The zero-order valence-corrected chi connectivity index (χ0v) is 10.0. The average Bonchev–Trinajstić information content (AvgIpc) is 2.39. The molecule has 0 spiro atoms. The minimum absolute atomic E-state index is 0.0164. The third-order valence-electron chi connectivity index (χ3n) is 2.26. The molecule has 2 rings (SSSR count). The van der Waals surface area contributed by atoms with Gasteiger partial charge in [-0.05, 0) is 24.3 Å². The molecule has 0 radical (unpaired) electrons. The molecular weight excluding hydrogens is 273 g/mol. The Kier molecular flexibility index (Phi) is 3.88. The van der Waals surface area contributed by atoms with Crippen molar-refractivity contribution in [2.45, 2.75) is 6.30 Å². The first-order chi connectivity index (χ1) is 9.48. The molecule has 20 heavy (non-hydrogen) atoms. The van der Waals surface area contributed by atoms with E-state index in [0.29, 0.717) is 0 Å². The maximum absolute atomic E-state index is 12.9. The van der Waals surface area contributed by atoms with Crippen LogP contribution in [-0.2, 0) is 0 Å². The summed E-state index contributed by atoms with van der Waals surface area (Å²) in [5, 5.41) is 0. The van der Waals surface area contributed by atoms with Crippen LogP contribution in [0.2, 0.25) is 0 Å². The fourth-order valence-corrected chi connectivity index (χ4v) is 1.45. The van der Waals surface area contributed by atoms with Gasteiger partial charge in [-0.2, -0.15) is 4.90 Å². The van der Waals surface area contributed by atoms with E-state index in [9.17, 15) is 18.0 Å². The summed E-state index contributed by atoms with van der Waals surface area (Å²) >= 11 is 0. The van der Waals surface area contributed by atoms with Crippen molar-refractivity contribution in [3.63, 3.8) is 0 Å². The first-order valence-electron chi connectivity index (χ1n) is 5.53. The fraction of sp³-hybridized carbons (Fsp3) is 0.0769. The number of amides is 1. The van der Waals surface area contributed by atoms with E-state index >= 15 is 0 Å². The fourth-order valence-electron chi connectivity index (χ4n) is 1.45. The second kappa shape index (κ2) is 5.60. The largest absolute Gasteiger partial charge is 0.495 e. The third kappa shape index (κ3) is 3.25. The summed E-state index contributed by atoms with van der Waals surface area (Å²) in [6, 6.07) is 11.4. The van der Waals surface area contributed by atoms with Crippen LogP contribution in [0.25, 0.3) is 0 Å². The van der Waals surface area contributed by atoms with Gasteiger partial charge in [0.25, 0.3) is 0 Å². The van der Waals surface area contributed by atoms with Gasteiger partial charge in [0.1, 0.15) is 11.6 Å². The van der Waals surface area contributed by atoms with Gasteiger partial charge in [0.15, 0.2) is 0 Å². The molecule has 7 heteroatoms. The summed E-state index contributed by atoms with van der Waals surface area (Å²) in [6.45, 7) is 0. The first kappa shape index (κ1) is 13.9. The summed E-state index contributed by atoms with van der Waals surface area (Å²) in [5.41, 5.74) is 0. The van der Waals surface area contributed by atoms with Crippen LogP contribution in [0.15, 0.2) is 54.7 Å². The molecule has 1 amide bonds. The summed E-state index contributed by atoms with van der Waals surface area (Å²) < 4.78 is 43.5. The van der Waals surface area contributed by atoms with E-state index in [-0.39, 0.29) is 5.75 Å². The molecule has 1 aromatic heterocycles. The van der Waals surface area contributed by atoms with Crippen LogP contribution in [0, 0.1) is 0 Å². The molecule has 1 heterocycles. The Morgan fingerprint density at radius 1 is 1.05 bits per heavy atom. The highest BCUT2D eigenvalue weighted by Gasteiger charge is 2.44. The van der Waals surface area contributed by atoms with E-state index in [4.69, 9.17) is 0 Å². The molecule has 0 saturated heterocycles. The van der Waals surface area contributed by atoms with Gasteiger partial charge in [-0.3, -0.25) is 0 Å². The van der Waals surface area contributed by atoms with Crippen molar-refractivity contribution in [2.24, 2.45) is 0 Å². The van der Waals surface area contributed by atoms with Gasteiger partial charge in [-0.25, -0.2) is 9.78 Å². The number of ether oxygens (including phenoxy) is 1. The lowest BCUT2D eigenvalue weighted by Gasteiger charge is -2.22. The number of alkyl halides is 3. The number of hydrogen-bond donors (Lipinski definition) is 0. The van der Waals surface area contributed by atoms with Crippen molar-refractivity contribution >= 4 is 11.9 Å². The zero-order chi connectivity index (χ0) is 14.6. The molecular formula is C13H9F3N2O2. The number of rotatable bonds is 2. The number of pyridine rings is 1. The quantitative estimate of drug-likeness (QED) is 0.790. The van der Waals surface area contributed by atoms with Gasteiger partial charge in [-0.1, -0.05) is 24.3 Å². The Balaban J connectivity index is 2.26. The predicted molar refractivity (Wildman–Crippen MR) is 65.2 cm³/mol. The van der Waals surface area contributed by atoms with Crippen molar-refractivity contribution < 1.29 is 22.7 Å². The SMILES string of the molecule is O=C(Oc1ccccc1)N(c1ccccn1)C(F)(F)F. The normalized spacial score (nSPS) is 10.9. The van der Waals surface area contributed by atoms with Crippen LogP contribution in [-0.4, -0.2) is 17.4 Å². The molecule has 0 bridgehead atoms. The molecule has 0 fully saturated rings. The number of benzene rings is 1. The standard InChI is InChI=1S/C13H9F3N2O2/c14-13(15,16)18(11-8-4-5-9-17-11)12(19)20-10-6-2-1-3-7-10/h1-9H. The van der Waals surface area contributed by atoms with Gasteiger partial charge < -0.3 is 4.74 Å². The van der Waals surface area contributed by atoms with Gasteiger partial charge in [-0.15, -0.1) is 13.2 Å². The third-order valence-corrected chi connectivity index (χ3v) is 2.26. The molecule has 4 nitrogen and oxygen atoms in total. The lowest BCUT2D eigenvalue weighted by Crippen LogP contribution is -2.45. The smallest absolute Gasteiger partial charge is 0.410 e. The molecule has 1 aromatic carbocycles. The van der Waals surface area contributed by atoms with Gasteiger partial charge >= 0.3 is 12.4 Å². The van der Waals surface area contributed by atoms with E-state index in [0.717, 1.165) is 12.3 Å². The Hall–Kier alpha value is -2.57. The van der Waals surface area contributed by atoms with Gasteiger partial charge in [0.2, 0.25) is 0 Å². The van der Waals surface area contributed by atoms with Crippen molar-refractivity contribution in [3.8, 4) is 5.75 Å². The summed E-state index contributed by atoms with van der Waals surface area (Å²) in [5.74, 6) is -0.538. The minimum atomic E-state index is -4.93. The zero-order valence-electron chi connectivity index (χ0n) is 10.0. The van der Waals surface area contributed by atoms with Crippen molar-refractivity contribution in [1.29, 1.82) is 0 Å². The van der Waals surface area contributed by atoms with E-state index < -0.39 is 23.1 Å². The Labute approximate surface area is 112 Å². The van der Waals surface area contributed by atoms with E-state index in [2.05, 4.69) is 9.72 Å². The predicted octanol–water partition coefficient (Wildman–Crippen LogP) is 3.61. The number of carbonyl (C=O) groups excluding carboxylic acids is 1. The van der Waals surface area contributed by atoms with E-state index in [1.807, 2.05) is 0 Å². The lowest BCUT2D eigenvalue weighted by atomic mass is 10.3. The lowest BCUT2D eigenvalue weighted by molar-refractivity contribution is -0.123. The number of halogens is 3. The molecule has 0 aliphatic carbocycles. The number of hydrogen-bond acceptors (Lipinski definition) is 3. The highest BCUT2D eigenvalue weighted by molar-refractivity contribution is 5.88. The number of para-hydroxylation sites is 1. The summed E-state index contributed by atoms with van der Waals surface area (Å²) in [4.78, 5) is 14.8. The van der Waals surface area contributed by atoms with Crippen molar-refractivity contribution in [2.75, 3.05) is 4.90 Å². The van der Waals surface area contributed by atoms with Crippen LogP contribution in [0.3, 0.4) is 0 Å². The molecule has 104 valence electrons. The second-order valence-corrected chi connectivity index (χ2v) is 3.67. The van der Waals surface area contributed by atoms with Crippen LogP contribution in [0.4, 0.5) is 23.8 Å². The number of aromatic nitrogens is 1. The Morgan fingerprint density at radius 2 is 1.70 bits per heavy atom. The van der Waals surface area contributed by atoms with Crippen LogP contribution >= 0.6 is 0 Å². The highest BCUT2D eigenvalue weighted by Crippen LogP contribution is 2.28. The molecule has 0 N–H and O–H groups in total. The molecule has 0 aliphatic rings. The summed E-state index contributed by atoms with van der Waals surface area (Å²) in [7, 11) is 0. The average molecular weight is 282 g/mol. The molecule has 2 aromatic rings. The molecule has 0 unspecified atom stereocenters. The molecule has 0 aliphatic heterocycles. The number of anilines is 1. The summed E-state index contributed by atoms with van der Waals surface area (Å²) in [6.07, 6.45) is -5.34. The Morgan fingerprint density at radius 3 is 2.25 bits per heavy atom. The molecule has 0 atom stereocenters. The van der Waals surface area contributed by atoms with Crippen LogP contribution < -0.4 is 9.64 Å². The highest BCUT2D eigenvalue weighted by atomic mass is 19.4. The minimum Gasteiger partial charge on any atom is -0.410 e. The maximum atomic E-state index is 12.9. The van der Waals surface area contributed by atoms with Crippen LogP contribution in [0.1, 0.15) is 0 Å². The van der Waals surface area contributed by atoms with E-state index in [1.54, 1.807) is 18.2 Å². The van der Waals surface area contributed by atoms with Crippen LogP contribution in [0.5, 0.6) is 5.75 Å². The van der Waals surface area contributed by atoms with Gasteiger partial charge in [0.05, 0.1) is 0 Å². The first-order valence-corrected chi connectivity index (χ1v) is 5.53.